The first-order chi connectivity index (χ1) is 11.8. The van der Waals surface area contributed by atoms with Crippen molar-refractivity contribution in [1.29, 1.82) is 0 Å². The predicted octanol–water partition coefficient (Wildman–Crippen LogP) is 2.34. The highest BCUT2D eigenvalue weighted by Gasteiger charge is 2.16. The maximum Gasteiger partial charge on any atom is 0.227 e. The molecule has 24 heavy (non-hydrogen) atoms. The lowest BCUT2D eigenvalue weighted by Crippen LogP contribution is -2.30. The van der Waals surface area contributed by atoms with Crippen molar-refractivity contribution in [2.45, 2.75) is 25.9 Å². The lowest BCUT2D eigenvalue weighted by atomic mass is 10.1. The van der Waals surface area contributed by atoms with Gasteiger partial charge in [0.05, 0.1) is 6.54 Å². The Hall–Kier alpha value is -2.47. The molecule has 0 bridgehead atoms. The van der Waals surface area contributed by atoms with Gasteiger partial charge in [-0.15, -0.1) is 0 Å². The Labute approximate surface area is 142 Å². The van der Waals surface area contributed by atoms with Gasteiger partial charge >= 0.3 is 0 Å². The first-order valence-electron chi connectivity index (χ1n) is 8.49. The second-order valence-electron chi connectivity index (χ2n) is 6.38. The van der Waals surface area contributed by atoms with Crippen LogP contribution in [0.5, 0.6) is 0 Å². The number of anilines is 3. The molecule has 6 heteroatoms. The standard InChI is InChI=1S/C18H22N6/c1-13-5-8-24(9-7-20-13)18-21-6-4-17(23-18)22-16-3-2-14-11-19-12-15(14)10-16/h2-4,6,10,12-13,20H,5,7-9,11H2,1H3,(H,21,22,23). The molecule has 0 saturated carbocycles. The summed E-state index contributed by atoms with van der Waals surface area (Å²) in [6, 6.07) is 8.76. The van der Waals surface area contributed by atoms with E-state index in [9.17, 15) is 0 Å². The van der Waals surface area contributed by atoms with E-state index in [1.54, 1.807) is 0 Å². The normalized spacial score (nSPS) is 19.9. The zero-order valence-corrected chi connectivity index (χ0v) is 13.9. The Bertz CT molecular complexity index is 757. The molecule has 0 amide bonds. The lowest BCUT2D eigenvalue weighted by Gasteiger charge is -2.20. The molecule has 1 saturated heterocycles. The molecule has 1 aromatic heterocycles. The van der Waals surface area contributed by atoms with Crippen molar-refractivity contribution >= 4 is 23.7 Å². The summed E-state index contributed by atoms with van der Waals surface area (Å²) in [7, 11) is 0. The van der Waals surface area contributed by atoms with Gasteiger partial charge in [0.15, 0.2) is 0 Å². The highest BCUT2D eigenvalue weighted by molar-refractivity contribution is 5.86. The summed E-state index contributed by atoms with van der Waals surface area (Å²) in [6.07, 6.45) is 4.85. The fraction of sp³-hybridized carbons (Fsp3) is 0.389. The highest BCUT2D eigenvalue weighted by Crippen LogP contribution is 2.22. The minimum Gasteiger partial charge on any atom is -0.340 e. The van der Waals surface area contributed by atoms with Crippen molar-refractivity contribution in [3.8, 4) is 0 Å². The minimum atomic E-state index is 0.546. The Balaban J connectivity index is 1.51. The van der Waals surface area contributed by atoms with Gasteiger partial charge in [0.2, 0.25) is 5.95 Å². The molecular formula is C18H22N6. The monoisotopic (exact) mass is 322 g/mol. The highest BCUT2D eigenvalue weighted by atomic mass is 15.3. The van der Waals surface area contributed by atoms with E-state index in [1.807, 2.05) is 18.5 Å². The fourth-order valence-electron chi connectivity index (χ4n) is 3.11. The average Bonchev–Trinajstić information content (AvgIpc) is 2.95. The molecule has 4 rings (SSSR count). The molecule has 1 aromatic carbocycles. The fourth-order valence-corrected chi connectivity index (χ4v) is 3.11. The van der Waals surface area contributed by atoms with Gasteiger partial charge in [-0.05, 0) is 42.7 Å². The Kier molecular flexibility index (Phi) is 4.13. The van der Waals surface area contributed by atoms with Crippen molar-refractivity contribution in [2.75, 3.05) is 29.9 Å². The van der Waals surface area contributed by atoms with Gasteiger partial charge in [-0.3, -0.25) is 4.99 Å². The van der Waals surface area contributed by atoms with E-state index in [0.29, 0.717) is 6.04 Å². The number of benzene rings is 1. The molecule has 2 aromatic rings. The van der Waals surface area contributed by atoms with Crippen LogP contribution in [0.25, 0.3) is 0 Å². The maximum absolute atomic E-state index is 4.69. The quantitative estimate of drug-likeness (QED) is 0.908. The van der Waals surface area contributed by atoms with Crippen LogP contribution >= 0.6 is 0 Å². The largest absolute Gasteiger partial charge is 0.340 e. The van der Waals surface area contributed by atoms with Crippen LogP contribution in [0.4, 0.5) is 17.5 Å². The van der Waals surface area contributed by atoms with E-state index in [-0.39, 0.29) is 0 Å². The number of rotatable bonds is 3. The zero-order valence-electron chi connectivity index (χ0n) is 13.9. The Morgan fingerprint density at radius 2 is 2.21 bits per heavy atom. The van der Waals surface area contributed by atoms with Gasteiger partial charge in [0, 0.05) is 43.8 Å². The molecule has 1 fully saturated rings. The van der Waals surface area contributed by atoms with Crippen molar-refractivity contribution in [2.24, 2.45) is 4.99 Å². The summed E-state index contributed by atoms with van der Waals surface area (Å²) >= 11 is 0. The topological polar surface area (TPSA) is 65.4 Å². The minimum absolute atomic E-state index is 0.546. The molecule has 6 nitrogen and oxygen atoms in total. The number of nitrogens with one attached hydrogen (secondary N) is 2. The van der Waals surface area contributed by atoms with Gasteiger partial charge in [-0.2, -0.15) is 4.98 Å². The van der Waals surface area contributed by atoms with Crippen LogP contribution in [-0.2, 0) is 6.54 Å². The molecule has 2 aliphatic heterocycles. The molecule has 1 unspecified atom stereocenters. The van der Waals surface area contributed by atoms with Crippen molar-refractivity contribution < 1.29 is 0 Å². The predicted molar refractivity (Wildman–Crippen MR) is 97.3 cm³/mol. The van der Waals surface area contributed by atoms with E-state index in [1.165, 1.54) is 11.1 Å². The molecule has 1 atom stereocenters. The summed E-state index contributed by atoms with van der Waals surface area (Å²) in [4.78, 5) is 15.7. The van der Waals surface area contributed by atoms with E-state index in [2.05, 4.69) is 50.6 Å². The lowest BCUT2D eigenvalue weighted by molar-refractivity contribution is 0.566. The summed E-state index contributed by atoms with van der Waals surface area (Å²) in [5.41, 5.74) is 3.48. The number of hydrogen-bond acceptors (Lipinski definition) is 6. The smallest absolute Gasteiger partial charge is 0.227 e. The van der Waals surface area contributed by atoms with Crippen LogP contribution in [0.2, 0.25) is 0 Å². The van der Waals surface area contributed by atoms with Crippen LogP contribution in [-0.4, -0.2) is 41.9 Å². The van der Waals surface area contributed by atoms with Crippen LogP contribution in [0.15, 0.2) is 35.5 Å². The van der Waals surface area contributed by atoms with Gasteiger partial charge in [0.1, 0.15) is 5.82 Å². The van der Waals surface area contributed by atoms with Crippen molar-refractivity contribution in [3.63, 3.8) is 0 Å². The molecule has 0 radical (unpaired) electrons. The number of fused-ring (bicyclic) bond motifs is 1. The molecule has 2 aliphatic rings. The van der Waals surface area contributed by atoms with Crippen LogP contribution < -0.4 is 15.5 Å². The second kappa shape index (κ2) is 6.57. The van der Waals surface area contributed by atoms with Gasteiger partial charge in [-0.25, -0.2) is 4.98 Å². The van der Waals surface area contributed by atoms with E-state index >= 15 is 0 Å². The number of aromatic nitrogens is 2. The summed E-state index contributed by atoms with van der Waals surface area (Å²) in [6.45, 7) is 5.89. The first-order valence-corrected chi connectivity index (χ1v) is 8.49. The van der Waals surface area contributed by atoms with Crippen LogP contribution in [0.3, 0.4) is 0 Å². The molecular weight excluding hydrogens is 300 g/mol. The van der Waals surface area contributed by atoms with Crippen LogP contribution in [0.1, 0.15) is 24.5 Å². The van der Waals surface area contributed by atoms with Crippen molar-refractivity contribution in [1.82, 2.24) is 15.3 Å². The van der Waals surface area contributed by atoms with Gasteiger partial charge < -0.3 is 15.5 Å². The summed E-state index contributed by atoms with van der Waals surface area (Å²) < 4.78 is 0. The third-order valence-electron chi connectivity index (χ3n) is 4.54. The summed E-state index contributed by atoms with van der Waals surface area (Å²) in [5, 5.41) is 6.88. The molecule has 0 spiro atoms. The number of aliphatic imine (C=N–C) groups is 1. The molecule has 2 N–H and O–H groups in total. The number of hydrogen-bond donors (Lipinski definition) is 2. The molecule has 3 heterocycles. The van der Waals surface area contributed by atoms with E-state index < -0.39 is 0 Å². The molecule has 124 valence electrons. The van der Waals surface area contributed by atoms with Gasteiger partial charge in [0.25, 0.3) is 0 Å². The first kappa shape index (κ1) is 15.1. The van der Waals surface area contributed by atoms with E-state index in [0.717, 1.165) is 50.1 Å². The second-order valence-corrected chi connectivity index (χ2v) is 6.38. The zero-order chi connectivity index (χ0) is 16.4. The maximum atomic E-state index is 4.69. The van der Waals surface area contributed by atoms with Gasteiger partial charge in [-0.1, -0.05) is 6.07 Å². The number of nitrogens with zero attached hydrogens (tertiary/aromatic N) is 4. The van der Waals surface area contributed by atoms with Crippen molar-refractivity contribution in [3.05, 3.63) is 41.6 Å². The third-order valence-corrected chi connectivity index (χ3v) is 4.54. The Morgan fingerprint density at radius 1 is 1.25 bits per heavy atom. The molecule has 0 aliphatic carbocycles. The Morgan fingerprint density at radius 3 is 3.17 bits per heavy atom. The summed E-state index contributed by atoms with van der Waals surface area (Å²) in [5.74, 6) is 1.61. The SMILES string of the molecule is CC1CCN(c2nccc(Nc3ccc4c(c3)C=NC4)n2)CCN1. The van der Waals surface area contributed by atoms with E-state index in [4.69, 9.17) is 4.98 Å². The average molecular weight is 322 g/mol. The third kappa shape index (κ3) is 3.23. The van der Waals surface area contributed by atoms with Crippen LogP contribution in [0, 0.1) is 0 Å².